The summed E-state index contributed by atoms with van der Waals surface area (Å²) >= 11 is 0. The van der Waals surface area contributed by atoms with Gasteiger partial charge in [-0.05, 0) is 83.8 Å². The van der Waals surface area contributed by atoms with Crippen molar-refractivity contribution in [3.8, 4) is 22.6 Å². The molecule has 0 aliphatic rings. The molecular formula is C33H41FO4. The maximum Gasteiger partial charge on any atom is 0.306 e. The highest BCUT2D eigenvalue weighted by Crippen LogP contribution is 2.36. The number of hydrogen-bond donors (Lipinski definition) is 0. The molecule has 0 saturated heterocycles. The van der Waals surface area contributed by atoms with E-state index in [0.29, 0.717) is 37.4 Å². The Kier molecular flexibility index (Phi) is 12.1. The molecule has 0 aromatic heterocycles. The zero-order chi connectivity index (χ0) is 28.1. The molecule has 0 aliphatic carbocycles. The van der Waals surface area contributed by atoms with Crippen LogP contribution in [0.5, 0.6) is 11.5 Å². The van der Waals surface area contributed by atoms with Crippen LogP contribution in [0.3, 0.4) is 0 Å². The Labute approximate surface area is 227 Å². The minimum absolute atomic E-state index is 0.163. The van der Waals surface area contributed by atoms with Crippen molar-refractivity contribution in [2.45, 2.75) is 65.9 Å². The van der Waals surface area contributed by atoms with Gasteiger partial charge in [0.1, 0.15) is 23.9 Å². The van der Waals surface area contributed by atoms with Crippen LogP contribution < -0.4 is 9.47 Å². The van der Waals surface area contributed by atoms with Gasteiger partial charge in [-0.3, -0.25) is 4.79 Å². The van der Waals surface area contributed by atoms with Gasteiger partial charge in [0.15, 0.2) is 0 Å². The van der Waals surface area contributed by atoms with E-state index < -0.39 is 0 Å². The van der Waals surface area contributed by atoms with Crippen LogP contribution in [-0.4, -0.2) is 19.7 Å². The normalized spacial score (nSPS) is 10.7. The Morgan fingerprint density at radius 3 is 2.13 bits per heavy atom. The van der Waals surface area contributed by atoms with Crippen LogP contribution in [0.2, 0.25) is 0 Å². The number of carbonyl (C=O) groups is 1. The summed E-state index contributed by atoms with van der Waals surface area (Å²) in [7, 11) is 1.58. The zero-order valence-electron chi connectivity index (χ0n) is 23.6. The van der Waals surface area contributed by atoms with Crippen LogP contribution in [-0.2, 0) is 28.0 Å². The molecule has 0 heterocycles. The van der Waals surface area contributed by atoms with Crippen molar-refractivity contribution in [1.82, 2.24) is 0 Å². The van der Waals surface area contributed by atoms with E-state index in [1.54, 1.807) is 26.2 Å². The summed E-state index contributed by atoms with van der Waals surface area (Å²) in [6.07, 6.45) is 3.95. The lowest BCUT2D eigenvalue weighted by molar-refractivity contribution is -0.143. The highest BCUT2D eigenvalue weighted by atomic mass is 19.1. The van der Waals surface area contributed by atoms with Crippen LogP contribution in [0.1, 0.15) is 64.2 Å². The predicted octanol–water partition coefficient (Wildman–Crippen LogP) is 8.46. The summed E-state index contributed by atoms with van der Waals surface area (Å²) in [5.41, 5.74) is 4.22. The number of methoxy groups -OCH3 is 1. The summed E-state index contributed by atoms with van der Waals surface area (Å²) < 4.78 is 31.1. The number of carbonyl (C=O) groups excluding carboxylic acids is 1. The fourth-order valence-electron chi connectivity index (χ4n) is 3.79. The monoisotopic (exact) mass is 520 g/mol. The largest absolute Gasteiger partial charge is 0.497 e. The van der Waals surface area contributed by atoms with E-state index in [2.05, 4.69) is 34.3 Å². The Morgan fingerprint density at radius 1 is 0.921 bits per heavy atom. The van der Waals surface area contributed by atoms with Crippen LogP contribution >= 0.6 is 0 Å². The molecular weight excluding hydrogens is 479 g/mol. The number of rotatable bonds is 10. The van der Waals surface area contributed by atoms with E-state index in [1.807, 2.05) is 48.5 Å². The molecule has 3 aromatic carbocycles. The molecule has 0 unspecified atom stereocenters. The van der Waals surface area contributed by atoms with Crippen LogP contribution in [0.25, 0.3) is 11.1 Å². The Balaban J connectivity index is 0.00000118. The van der Waals surface area contributed by atoms with Gasteiger partial charge in [0.05, 0.1) is 13.7 Å². The van der Waals surface area contributed by atoms with E-state index in [4.69, 9.17) is 14.2 Å². The van der Waals surface area contributed by atoms with Crippen LogP contribution in [0.4, 0.5) is 4.39 Å². The lowest BCUT2D eigenvalue weighted by Gasteiger charge is -2.24. The molecule has 0 amide bonds. The topological polar surface area (TPSA) is 44.8 Å². The third-order valence-corrected chi connectivity index (χ3v) is 5.90. The lowest BCUT2D eigenvalue weighted by atomic mass is 9.81. The Bertz CT molecular complexity index is 1180. The Morgan fingerprint density at radius 2 is 1.55 bits per heavy atom. The maximum absolute atomic E-state index is 14.8. The van der Waals surface area contributed by atoms with Crippen molar-refractivity contribution in [2.24, 2.45) is 0 Å². The van der Waals surface area contributed by atoms with Gasteiger partial charge in [0, 0.05) is 12.0 Å². The van der Waals surface area contributed by atoms with Gasteiger partial charge >= 0.3 is 5.97 Å². The molecule has 0 saturated carbocycles. The zero-order valence-corrected chi connectivity index (χ0v) is 23.6. The average Bonchev–Trinajstić information content (AvgIpc) is 2.91. The van der Waals surface area contributed by atoms with Crippen LogP contribution in [0.15, 0.2) is 73.3 Å². The van der Waals surface area contributed by atoms with Crippen molar-refractivity contribution in [1.29, 1.82) is 0 Å². The van der Waals surface area contributed by atoms with Crippen molar-refractivity contribution < 1.29 is 23.4 Å². The summed E-state index contributed by atoms with van der Waals surface area (Å²) in [5, 5.41) is 0. The number of hydrogen-bond acceptors (Lipinski definition) is 4. The molecule has 3 aromatic rings. The molecule has 0 bridgehead atoms. The first-order chi connectivity index (χ1) is 18.1. The molecule has 3 rings (SSSR count). The first-order valence-corrected chi connectivity index (χ1v) is 13.1. The maximum atomic E-state index is 14.8. The molecule has 0 spiro atoms. The molecule has 5 heteroatoms. The third kappa shape index (κ3) is 9.37. The molecule has 0 aliphatic heterocycles. The molecule has 0 atom stereocenters. The SMILES string of the molecule is C=CCC.CCOC(=O)CCc1ccc(OCc2ccc(C(C)(C)C)c(-c3cc(OC)ccc3F)c2)cc1. The molecule has 0 radical (unpaired) electrons. The molecule has 0 fully saturated rings. The number of benzene rings is 3. The van der Waals surface area contributed by atoms with E-state index in [1.165, 1.54) is 6.07 Å². The quantitative estimate of drug-likeness (QED) is 0.199. The molecule has 0 N–H and O–H groups in total. The summed E-state index contributed by atoms with van der Waals surface area (Å²) in [6.45, 7) is 14.4. The fourth-order valence-corrected chi connectivity index (χ4v) is 3.79. The fraction of sp³-hybridized carbons (Fsp3) is 0.364. The Hall–Kier alpha value is -3.60. The van der Waals surface area contributed by atoms with Gasteiger partial charge < -0.3 is 14.2 Å². The second-order valence-corrected chi connectivity index (χ2v) is 9.91. The second kappa shape index (κ2) is 15.0. The van der Waals surface area contributed by atoms with E-state index in [0.717, 1.165) is 34.4 Å². The molecule has 4 nitrogen and oxygen atoms in total. The van der Waals surface area contributed by atoms with Gasteiger partial charge in [-0.1, -0.05) is 58.0 Å². The highest BCUT2D eigenvalue weighted by Gasteiger charge is 2.21. The van der Waals surface area contributed by atoms with E-state index >= 15 is 0 Å². The average molecular weight is 521 g/mol. The lowest BCUT2D eigenvalue weighted by Crippen LogP contribution is -2.13. The summed E-state index contributed by atoms with van der Waals surface area (Å²) in [5.74, 6) is 0.863. The van der Waals surface area contributed by atoms with E-state index in [-0.39, 0.29) is 17.2 Å². The third-order valence-electron chi connectivity index (χ3n) is 5.90. The number of aryl methyl sites for hydroxylation is 1. The van der Waals surface area contributed by atoms with Crippen molar-refractivity contribution in [3.05, 3.63) is 95.8 Å². The highest BCUT2D eigenvalue weighted by molar-refractivity contribution is 5.71. The number of ether oxygens (including phenoxy) is 3. The van der Waals surface area contributed by atoms with Crippen molar-refractivity contribution in [3.63, 3.8) is 0 Å². The van der Waals surface area contributed by atoms with Crippen LogP contribution in [0, 0.1) is 5.82 Å². The number of esters is 1. The van der Waals surface area contributed by atoms with Crippen molar-refractivity contribution >= 4 is 5.97 Å². The predicted molar refractivity (Wildman–Crippen MR) is 153 cm³/mol. The standard InChI is InChI=1S/C29H33FO4.C4H8/c1-6-33-28(31)16-10-20-7-11-22(12-8-20)34-19-21-9-14-26(29(2,3)4)24(17-21)25-18-23(32-5)13-15-27(25)30;1-3-4-2/h7-9,11-15,17-18H,6,10,16,19H2,1-5H3;3H,1,4H2,2H3. The number of halogens is 1. The van der Waals surface area contributed by atoms with Gasteiger partial charge in [-0.2, -0.15) is 0 Å². The van der Waals surface area contributed by atoms with Gasteiger partial charge in [-0.25, -0.2) is 4.39 Å². The smallest absolute Gasteiger partial charge is 0.306 e. The summed E-state index contributed by atoms with van der Waals surface area (Å²) in [4.78, 5) is 11.5. The molecule has 38 heavy (non-hydrogen) atoms. The first kappa shape index (κ1) is 30.6. The van der Waals surface area contributed by atoms with Crippen molar-refractivity contribution in [2.75, 3.05) is 13.7 Å². The van der Waals surface area contributed by atoms with Gasteiger partial charge in [0.2, 0.25) is 0 Å². The molecule has 204 valence electrons. The van der Waals surface area contributed by atoms with Gasteiger partial charge in [-0.15, -0.1) is 6.58 Å². The first-order valence-electron chi connectivity index (χ1n) is 13.1. The second-order valence-electron chi connectivity index (χ2n) is 9.91. The number of allylic oxidation sites excluding steroid dienone is 1. The summed E-state index contributed by atoms with van der Waals surface area (Å²) in [6, 6.07) is 18.6. The minimum Gasteiger partial charge on any atom is -0.497 e. The minimum atomic E-state index is -0.289. The van der Waals surface area contributed by atoms with E-state index in [9.17, 15) is 9.18 Å². The van der Waals surface area contributed by atoms with Gasteiger partial charge in [0.25, 0.3) is 0 Å².